The Morgan fingerprint density at radius 3 is 2.00 bits per heavy atom. The average molecular weight is 200 g/mol. The Kier molecular flexibility index (Phi) is 4.93. The molecule has 0 radical (unpaired) electrons. The third-order valence-corrected chi connectivity index (χ3v) is 2.81. The van der Waals surface area contributed by atoms with Crippen LogP contribution in [-0.4, -0.2) is 14.4 Å². The largest absolute Gasteiger partial charge is 0.414 e. The van der Waals surface area contributed by atoms with Crippen LogP contribution in [0.25, 0.3) is 0 Å². The molecule has 1 unspecified atom stereocenters. The van der Waals surface area contributed by atoms with Crippen LogP contribution in [-0.2, 0) is 4.43 Å². The van der Waals surface area contributed by atoms with Crippen LogP contribution in [0.1, 0.15) is 27.2 Å². The van der Waals surface area contributed by atoms with Crippen molar-refractivity contribution in [3.05, 3.63) is 12.2 Å². The van der Waals surface area contributed by atoms with Gasteiger partial charge in [0.05, 0.1) is 6.10 Å². The van der Waals surface area contributed by atoms with E-state index < -0.39 is 8.32 Å². The molecule has 78 valence electrons. The van der Waals surface area contributed by atoms with E-state index in [4.69, 9.17) is 4.43 Å². The number of hydrogen-bond acceptors (Lipinski definition) is 1. The summed E-state index contributed by atoms with van der Waals surface area (Å²) in [5.41, 5.74) is 1.22. The van der Waals surface area contributed by atoms with E-state index in [1.54, 1.807) is 0 Å². The Labute approximate surface area is 84.3 Å². The molecule has 0 amide bonds. The molecule has 1 nitrogen and oxygen atoms in total. The first kappa shape index (κ1) is 12.9. The molecule has 0 aromatic heterocycles. The maximum atomic E-state index is 6.09. The van der Waals surface area contributed by atoms with Gasteiger partial charge in [-0.1, -0.05) is 19.4 Å². The van der Waals surface area contributed by atoms with Crippen molar-refractivity contribution >= 4 is 8.32 Å². The van der Waals surface area contributed by atoms with Crippen LogP contribution in [0.2, 0.25) is 19.6 Å². The van der Waals surface area contributed by atoms with Gasteiger partial charge in [0.15, 0.2) is 8.32 Å². The third-order valence-electron chi connectivity index (χ3n) is 1.80. The normalized spacial score (nSPS) is 14.7. The minimum absolute atomic E-state index is 0.365. The van der Waals surface area contributed by atoms with Gasteiger partial charge >= 0.3 is 0 Å². The predicted molar refractivity (Wildman–Crippen MR) is 62.5 cm³/mol. The van der Waals surface area contributed by atoms with Crippen molar-refractivity contribution in [1.82, 2.24) is 0 Å². The maximum Gasteiger partial charge on any atom is 0.184 e. The van der Waals surface area contributed by atoms with E-state index in [0.717, 1.165) is 6.42 Å². The average Bonchev–Trinajstić information content (AvgIpc) is 1.81. The van der Waals surface area contributed by atoms with Crippen molar-refractivity contribution in [3.8, 4) is 0 Å². The second kappa shape index (κ2) is 4.96. The summed E-state index contributed by atoms with van der Waals surface area (Å²) in [4.78, 5) is 0. The molecule has 0 fully saturated rings. The number of rotatable bonds is 5. The zero-order valence-corrected chi connectivity index (χ0v) is 11.0. The molecule has 0 aromatic rings. The first-order valence-corrected chi connectivity index (χ1v) is 8.45. The van der Waals surface area contributed by atoms with E-state index in [2.05, 4.69) is 47.0 Å². The Bertz CT molecular complexity index is 167. The van der Waals surface area contributed by atoms with Gasteiger partial charge < -0.3 is 4.43 Å². The lowest BCUT2D eigenvalue weighted by Crippen LogP contribution is -2.34. The Balaban J connectivity index is 4.19. The lowest BCUT2D eigenvalue weighted by Gasteiger charge is -2.29. The summed E-state index contributed by atoms with van der Waals surface area (Å²) in [5, 5.41) is 0. The summed E-state index contributed by atoms with van der Waals surface area (Å²) in [6.45, 7) is 17.2. The van der Waals surface area contributed by atoms with Crippen molar-refractivity contribution in [1.29, 1.82) is 0 Å². The van der Waals surface area contributed by atoms with Crippen LogP contribution >= 0.6 is 0 Å². The van der Waals surface area contributed by atoms with Gasteiger partial charge in [-0.25, -0.2) is 0 Å². The molecule has 0 spiro atoms. The lowest BCUT2D eigenvalue weighted by atomic mass is 10.0. The van der Waals surface area contributed by atoms with E-state index in [9.17, 15) is 0 Å². The highest BCUT2D eigenvalue weighted by Crippen LogP contribution is 2.19. The van der Waals surface area contributed by atoms with Crippen molar-refractivity contribution in [3.63, 3.8) is 0 Å². The molecule has 0 aromatic carbocycles. The fourth-order valence-corrected chi connectivity index (χ4v) is 2.47. The van der Waals surface area contributed by atoms with Crippen LogP contribution in [0.3, 0.4) is 0 Å². The molecule has 13 heavy (non-hydrogen) atoms. The Hall–Kier alpha value is -0.0831. The fraction of sp³-hybridized carbons (Fsp3) is 0.818. The van der Waals surface area contributed by atoms with Gasteiger partial charge in [0.25, 0.3) is 0 Å². The van der Waals surface area contributed by atoms with Gasteiger partial charge in [-0.3, -0.25) is 0 Å². The first-order valence-electron chi connectivity index (χ1n) is 5.04. The maximum absolute atomic E-state index is 6.09. The van der Waals surface area contributed by atoms with Crippen LogP contribution in [0, 0.1) is 5.92 Å². The van der Waals surface area contributed by atoms with E-state index in [1.165, 1.54) is 5.57 Å². The summed E-state index contributed by atoms with van der Waals surface area (Å²) in [6.07, 6.45) is 1.37. The zero-order valence-electron chi connectivity index (χ0n) is 9.98. The van der Waals surface area contributed by atoms with Gasteiger partial charge in [-0.15, -0.1) is 6.58 Å². The highest BCUT2D eigenvalue weighted by atomic mass is 28.4. The molecule has 0 aliphatic rings. The molecule has 0 aliphatic heterocycles. The first-order chi connectivity index (χ1) is 5.72. The molecule has 0 aliphatic carbocycles. The highest BCUT2D eigenvalue weighted by Gasteiger charge is 2.23. The van der Waals surface area contributed by atoms with Gasteiger partial charge in [0.1, 0.15) is 0 Å². The van der Waals surface area contributed by atoms with Crippen LogP contribution in [0.5, 0.6) is 0 Å². The minimum Gasteiger partial charge on any atom is -0.414 e. The molecule has 0 bridgehead atoms. The van der Waals surface area contributed by atoms with E-state index >= 15 is 0 Å². The summed E-state index contributed by atoms with van der Waals surface area (Å²) in [5.74, 6) is 0.587. The molecule has 0 saturated heterocycles. The lowest BCUT2D eigenvalue weighted by molar-refractivity contribution is 0.144. The summed E-state index contributed by atoms with van der Waals surface area (Å²) in [6, 6.07) is 0. The van der Waals surface area contributed by atoms with Crippen molar-refractivity contribution in [2.75, 3.05) is 0 Å². The fourth-order valence-electron chi connectivity index (χ4n) is 1.21. The van der Waals surface area contributed by atoms with Crippen LogP contribution in [0.15, 0.2) is 12.2 Å². The van der Waals surface area contributed by atoms with Crippen molar-refractivity contribution in [2.24, 2.45) is 5.92 Å². The standard InChI is InChI=1S/C11H24OSi/c1-9(2)8-11(10(3)4)12-13(5,6)7/h10-11H,1,8H2,2-7H3. The molecular weight excluding hydrogens is 176 g/mol. The summed E-state index contributed by atoms with van der Waals surface area (Å²) >= 11 is 0. The molecule has 0 rings (SSSR count). The van der Waals surface area contributed by atoms with E-state index in [0.29, 0.717) is 12.0 Å². The van der Waals surface area contributed by atoms with Gasteiger partial charge in [-0.05, 0) is 38.9 Å². The van der Waals surface area contributed by atoms with Crippen LogP contribution < -0.4 is 0 Å². The van der Waals surface area contributed by atoms with Crippen molar-refractivity contribution in [2.45, 2.75) is 52.9 Å². The second-order valence-electron chi connectivity index (χ2n) is 5.17. The Morgan fingerprint density at radius 1 is 1.31 bits per heavy atom. The summed E-state index contributed by atoms with van der Waals surface area (Å²) in [7, 11) is -1.39. The highest BCUT2D eigenvalue weighted by molar-refractivity contribution is 6.69. The minimum atomic E-state index is -1.39. The second-order valence-corrected chi connectivity index (χ2v) is 9.63. The van der Waals surface area contributed by atoms with Crippen molar-refractivity contribution < 1.29 is 4.43 Å². The smallest absolute Gasteiger partial charge is 0.184 e. The van der Waals surface area contributed by atoms with E-state index in [-0.39, 0.29) is 0 Å². The van der Waals surface area contributed by atoms with E-state index in [1.807, 2.05) is 0 Å². The molecule has 2 heteroatoms. The van der Waals surface area contributed by atoms with Gasteiger partial charge in [0, 0.05) is 0 Å². The predicted octanol–water partition coefficient (Wildman–Crippen LogP) is 3.83. The SMILES string of the molecule is C=C(C)CC(O[Si](C)(C)C)C(C)C. The quantitative estimate of drug-likeness (QED) is 0.484. The third kappa shape index (κ3) is 7.02. The van der Waals surface area contributed by atoms with Gasteiger partial charge in [0.2, 0.25) is 0 Å². The Morgan fingerprint density at radius 2 is 1.77 bits per heavy atom. The molecular formula is C11H24OSi. The molecule has 0 heterocycles. The molecule has 0 saturated carbocycles. The zero-order chi connectivity index (χ0) is 10.6. The van der Waals surface area contributed by atoms with Crippen LogP contribution in [0.4, 0.5) is 0 Å². The topological polar surface area (TPSA) is 9.23 Å². The van der Waals surface area contributed by atoms with Gasteiger partial charge in [-0.2, -0.15) is 0 Å². The molecule has 1 atom stereocenters. The monoisotopic (exact) mass is 200 g/mol. The molecule has 0 N–H and O–H groups in total. The number of hydrogen-bond donors (Lipinski definition) is 0. The summed E-state index contributed by atoms with van der Waals surface area (Å²) < 4.78 is 6.09.